The van der Waals surface area contributed by atoms with Crippen molar-refractivity contribution in [2.24, 2.45) is 0 Å². The molecule has 0 heterocycles. The Labute approximate surface area is 110 Å². The van der Waals surface area contributed by atoms with Crippen LogP contribution < -0.4 is 4.90 Å². The first-order chi connectivity index (χ1) is 9.15. The molecular formula is C15H13F2NO. The fraction of sp³-hybridized carbons (Fsp3) is 0.133. The molecule has 2 rings (SSSR count). The van der Waals surface area contributed by atoms with Crippen LogP contribution in [-0.4, -0.2) is 12.8 Å². The number of para-hydroxylation sites is 1. The minimum absolute atomic E-state index is 0.227. The molecule has 0 saturated carbocycles. The van der Waals surface area contributed by atoms with Crippen LogP contribution in [0.4, 0.5) is 20.2 Å². The van der Waals surface area contributed by atoms with Gasteiger partial charge in [0.25, 0.3) is 0 Å². The Morgan fingerprint density at radius 3 is 2.53 bits per heavy atom. The van der Waals surface area contributed by atoms with Gasteiger partial charge in [0.05, 0.1) is 5.69 Å². The van der Waals surface area contributed by atoms with Crippen LogP contribution in [0.1, 0.15) is 17.3 Å². The number of benzene rings is 2. The Morgan fingerprint density at radius 2 is 1.89 bits per heavy atom. The molecule has 0 atom stereocenters. The fourth-order valence-electron chi connectivity index (χ4n) is 1.98. The van der Waals surface area contributed by atoms with E-state index in [1.54, 1.807) is 23.1 Å². The second kappa shape index (κ2) is 5.61. The molecule has 0 aliphatic carbocycles. The highest BCUT2D eigenvalue weighted by Crippen LogP contribution is 2.28. The largest absolute Gasteiger partial charge is 0.339 e. The van der Waals surface area contributed by atoms with Crippen molar-refractivity contribution in [2.75, 3.05) is 11.4 Å². The van der Waals surface area contributed by atoms with E-state index >= 15 is 0 Å². The Balaban J connectivity index is 2.51. The summed E-state index contributed by atoms with van der Waals surface area (Å²) in [6.07, 6.45) is 0.571. The number of hydrogen-bond acceptors (Lipinski definition) is 2. The summed E-state index contributed by atoms with van der Waals surface area (Å²) in [5.74, 6) is -0.907. The highest BCUT2D eigenvalue weighted by atomic mass is 19.1. The van der Waals surface area contributed by atoms with Crippen LogP contribution in [-0.2, 0) is 0 Å². The molecule has 0 aliphatic heterocycles. The molecule has 0 N–H and O–H groups in total. The van der Waals surface area contributed by atoms with Crippen molar-refractivity contribution in [3.63, 3.8) is 0 Å². The monoisotopic (exact) mass is 261 g/mol. The summed E-state index contributed by atoms with van der Waals surface area (Å²) in [6, 6.07) is 10.2. The van der Waals surface area contributed by atoms with Gasteiger partial charge in [-0.2, -0.15) is 0 Å². The maximum Gasteiger partial charge on any atom is 0.150 e. The second-order valence-electron chi connectivity index (χ2n) is 4.06. The van der Waals surface area contributed by atoms with Crippen LogP contribution in [0.3, 0.4) is 0 Å². The lowest BCUT2D eigenvalue weighted by Crippen LogP contribution is -2.17. The van der Waals surface area contributed by atoms with E-state index in [0.29, 0.717) is 24.2 Å². The van der Waals surface area contributed by atoms with Gasteiger partial charge in [0.1, 0.15) is 17.9 Å². The lowest BCUT2D eigenvalue weighted by molar-refractivity contribution is 0.112. The number of aldehydes is 1. The smallest absolute Gasteiger partial charge is 0.150 e. The van der Waals surface area contributed by atoms with Crippen molar-refractivity contribution in [3.05, 3.63) is 59.7 Å². The number of carbonyl (C=O) groups is 1. The minimum Gasteiger partial charge on any atom is -0.339 e. The third kappa shape index (κ3) is 2.78. The van der Waals surface area contributed by atoms with Crippen LogP contribution in [0.25, 0.3) is 0 Å². The second-order valence-corrected chi connectivity index (χ2v) is 4.06. The summed E-state index contributed by atoms with van der Waals surface area (Å²) in [5.41, 5.74) is 1.03. The predicted octanol–water partition coefficient (Wildman–Crippen LogP) is 3.94. The summed E-state index contributed by atoms with van der Waals surface area (Å²) in [6.45, 7) is 2.29. The molecule has 0 aromatic heterocycles. The quantitative estimate of drug-likeness (QED) is 0.777. The van der Waals surface area contributed by atoms with Gasteiger partial charge in [0, 0.05) is 17.8 Å². The number of hydrogen-bond donors (Lipinski definition) is 0. The number of nitrogens with zero attached hydrogens (tertiary/aromatic N) is 1. The van der Waals surface area contributed by atoms with Crippen LogP contribution in [0, 0.1) is 11.6 Å². The number of halogens is 2. The number of rotatable bonds is 4. The Morgan fingerprint density at radius 1 is 1.16 bits per heavy atom. The number of carbonyl (C=O) groups excluding carboxylic acids is 1. The zero-order chi connectivity index (χ0) is 13.8. The molecule has 0 amide bonds. The van der Waals surface area contributed by atoms with Crippen LogP contribution in [0.2, 0.25) is 0 Å². The van der Waals surface area contributed by atoms with Gasteiger partial charge in [-0.1, -0.05) is 12.1 Å². The summed E-state index contributed by atoms with van der Waals surface area (Å²) in [5, 5.41) is 0. The van der Waals surface area contributed by atoms with Crippen molar-refractivity contribution in [2.45, 2.75) is 6.92 Å². The molecular weight excluding hydrogens is 248 g/mol. The number of anilines is 2. The third-order valence-corrected chi connectivity index (χ3v) is 2.81. The molecule has 0 unspecified atom stereocenters. The topological polar surface area (TPSA) is 20.3 Å². The van der Waals surface area contributed by atoms with Gasteiger partial charge in [0.15, 0.2) is 0 Å². The highest BCUT2D eigenvalue weighted by molar-refractivity contribution is 5.78. The molecule has 0 spiro atoms. The lowest BCUT2D eigenvalue weighted by Gasteiger charge is -2.24. The van der Waals surface area contributed by atoms with Crippen LogP contribution >= 0.6 is 0 Å². The van der Waals surface area contributed by atoms with Crippen molar-refractivity contribution in [1.82, 2.24) is 0 Å². The molecule has 0 saturated heterocycles. The standard InChI is InChI=1S/C15H13F2NO/c1-2-18(15-6-4-3-5-14(15)17)13-8-11(10-19)7-12(16)9-13/h3-10H,2H2,1H3. The first-order valence-corrected chi connectivity index (χ1v) is 5.93. The van der Waals surface area contributed by atoms with Gasteiger partial charge in [-0.05, 0) is 37.3 Å². The SMILES string of the molecule is CCN(c1cc(F)cc(C=O)c1)c1ccccc1F. The molecule has 0 radical (unpaired) electrons. The van der Waals surface area contributed by atoms with E-state index in [4.69, 9.17) is 0 Å². The predicted molar refractivity (Wildman–Crippen MR) is 70.9 cm³/mol. The molecule has 0 fully saturated rings. The molecule has 2 aromatic rings. The molecule has 4 heteroatoms. The van der Waals surface area contributed by atoms with E-state index in [-0.39, 0.29) is 11.4 Å². The Hall–Kier alpha value is -2.23. The van der Waals surface area contributed by atoms with E-state index in [2.05, 4.69) is 0 Å². The fourth-order valence-corrected chi connectivity index (χ4v) is 1.98. The zero-order valence-electron chi connectivity index (χ0n) is 10.4. The van der Waals surface area contributed by atoms with Crippen LogP contribution in [0.15, 0.2) is 42.5 Å². The van der Waals surface area contributed by atoms with E-state index in [9.17, 15) is 13.6 Å². The maximum atomic E-state index is 13.8. The Kier molecular flexibility index (Phi) is 3.90. The molecule has 0 bridgehead atoms. The van der Waals surface area contributed by atoms with Gasteiger partial charge in [-0.25, -0.2) is 8.78 Å². The highest BCUT2D eigenvalue weighted by Gasteiger charge is 2.13. The van der Waals surface area contributed by atoms with Gasteiger partial charge in [0.2, 0.25) is 0 Å². The minimum atomic E-state index is -0.519. The zero-order valence-corrected chi connectivity index (χ0v) is 10.4. The molecule has 0 aliphatic rings. The summed E-state index contributed by atoms with van der Waals surface area (Å²) >= 11 is 0. The van der Waals surface area contributed by atoms with E-state index in [1.807, 2.05) is 6.92 Å². The van der Waals surface area contributed by atoms with E-state index < -0.39 is 5.82 Å². The summed E-state index contributed by atoms with van der Waals surface area (Å²) in [7, 11) is 0. The third-order valence-electron chi connectivity index (χ3n) is 2.81. The average Bonchev–Trinajstić information content (AvgIpc) is 2.41. The maximum absolute atomic E-state index is 13.8. The molecule has 19 heavy (non-hydrogen) atoms. The van der Waals surface area contributed by atoms with Gasteiger partial charge in [-0.3, -0.25) is 4.79 Å². The van der Waals surface area contributed by atoms with Crippen molar-refractivity contribution >= 4 is 17.7 Å². The van der Waals surface area contributed by atoms with Crippen molar-refractivity contribution in [1.29, 1.82) is 0 Å². The van der Waals surface area contributed by atoms with Gasteiger partial charge < -0.3 is 4.90 Å². The van der Waals surface area contributed by atoms with Gasteiger partial charge >= 0.3 is 0 Å². The van der Waals surface area contributed by atoms with Crippen molar-refractivity contribution < 1.29 is 13.6 Å². The first-order valence-electron chi connectivity index (χ1n) is 5.93. The van der Waals surface area contributed by atoms with E-state index in [1.165, 1.54) is 18.2 Å². The van der Waals surface area contributed by atoms with Gasteiger partial charge in [-0.15, -0.1) is 0 Å². The molecule has 2 aromatic carbocycles. The van der Waals surface area contributed by atoms with E-state index in [0.717, 1.165) is 6.07 Å². The van der Waals surface area contributed by atoms with Crippen molar-refractivity contribution in [3.8, 4) is 0 Å². The normalized spacial score (nSPS) is 10.3. The van der Waals surface area contributed by atoms with Crippen LogP contribution in [0.5, 0.6) is 0 Å². The summed E-state index contributed by atoms with van der Waals surface area (Å²) in [4.78, 5) is 12.4. The molecule has 2 nitrogen and oxygen atoms in total. The molecule has 98 valence electrons. The summed E-state index contributed by atoms with van der Waals surface area (Å²) < 4.78 is 27.2. The Bertz CT molecular complexity index is 598. The lowest BCUT2D eigenvalue weighted by atomic mass is 10.1. The first kappa shape index (κ1) is 13.2. The average molecular weight is 261 g/mol.